The van der Waals surface area contributed by atoms with Gasteiger partial charge >= 0.3 is 0 Å². The van der Waals surface area contributed by atoms with E-state index >= 15 is 0 Å². The van der Waals surface area contributed by atoms with Gasteiger partial charge in [-0.25, -0.2) is 4.39 Å². The first-order valence-electron chi connectivity index (χ1n) is 6.48. The summed E-state index contributed by atoms with van der Waals surface area (Å²) in [6, 6.07) is 4.87. The Labute approximate surface area is 108 Å². The van der Waals surface area contributed by atoms with E-state index < -0.39 is 6.10 Å². The van der Waals surface area contributed by atoms with Crippen LogP contribution in [-0.4, -0.2) is 24.4 Å². The standard InChI is InChI=1S/C14H22FNO2/c1-3-8-16-9-11-6-5-7-13(15)14(11)18-10-12(17)4-2/h5-7,12,16-17H,3-4,8-10H2,1-2H3. The lowest BCUT2D eigenvalue weighted by Crippen LogP contribution is -2.19. The quantitative estimate of drug-likeness (QED) is 0.701. The van der Waals surface area contributed by atoms with Crippen molar-refractivity contribution >= 4 is 0 Å². The number of hydrogen-bond acceptors (Lipinski definition) is 3. The van der Waals surface area contributed by atoms with Gasteiger partial charge in [0.1, 0.15) is 6.61 Å². The molecule has 4 heteroatoms. The Kier molecular flexibility index (Phi) is 6.68. The van der Waals surface area contributed by atoms with E-state index in [4.69, 9.17) is 4.74 Å². The van der Waals surface area contributed by atoms with Gasteiger partial charge in [0.25, 0.3) is 0 Å². The predicted octanol–water partition coefficient (Wildman–Crippen LogP) is 2.48. The number of halogens is 1. The van der Waals surface area contributed by atoms with Crippen LogP contribution < -0.4 is 10.1 Å². The van der Waals surface area contributed by atoms with E-state index in [9.17, 15) is 9.50 Å². The summed E-state index contributed by atoms with van der Waals surface area (Å²) in [5, 5.41) is 12.7. The molecular formula is C14H22FNO2. The Morgan fingerprint density at radius 1 is 1.39 bits per heavy atom. The maximum Gasteiger partial charge on any atom is 0.165 e. The minimum absolute atomic E-state index is 0.123. The highest BCUT2D eigenvalue weighted by molar-refractivity contribution is 5.34. The molecule has 3 nitrogen and oxygen atoms in total. The van der Waals surface area contributed by atoms with Gasteiger partial charge in [-0.2, -0.15) is 0 Å². The van der Waals surface area contributed by atoms with Gasteiger partial charge < -0.3 is 15.2 Å². The van der Waals surface area contributed by atoms with Crippen molar-refractivity contribution in [2.75, 3.05) is 13.2 Å². The summed E-state index contributed by atoms with van der Waals surface area (Å²) in [7, 11) is 0. The second-order valence-electron chi connectivity index (χ2n) is 4.28. The van der Waals surface area contributed by atoms with Gasteiger partial charge in [-0.1, -0.05) is 26.0 Å². The van der Waals surface area contributed by atoms with Crippen molar-refractivity contribution in [1.82, 2.24) is 5.32 Å². The molecule has 0 aliphatic heterocycles. The highest BCUT2D eigenvalue weighted by atomic mass is 19.1. The number of aliphatic hydroxyl groups is 1. The van der Waals surface area contributed by atoms with Crippen molar-refractivity contribution in [2.24, 2.45) is 0 Å². The number of benzene rings is 1. The van der Waals surface area contributed by atoms with Gasteiger partial charge in [-0.05, 0) is 25.5 Å². The molecule has 0 aliphatic carbocycles. The lowest BCUT2D eigenvalue weighted by Gasteiger charge is -2.15. The number of rotatable bonds is 8. The normalized spacial score (nSPS) is 12.4. The SMILES string of the molecule is CCCNCc1cccc(F)c1OCC(O)CC. The third-order valence-corrected chi connectivity index (χ3v) is 2.68. The monoisotopic (exact) mass is 255 g/mol. The summed E-state index contributed by atoms with van der Waals surface area (Å²) in [5.41, 5.74) is 0.784. The molecule has 102 valence electrons. The zero-order valence-electron chi connectivity index (χ0n) is 11.1. The molecule has 1 aromatic carbocycles. The highest BCUT2D eigenvalue weighted by Crippen LogP contribution is 2.23. The van der Waals surface area contributed by atoms with Gasteiger partial charge in [0, 0.05) is 12.1 Å². The minimum Gasteiger partial charge on any atom is -0.487 e. The Bertz CT molecular complexity index is 358. The molecule has 0 heterocycles. The minimum atomic E-state index is -0.555. The number of hydrogen-bond donors (Lipinski definition) is 2. The molecule has 0 bridgehead atoms. The number of nitrogens with one attached hydrogen (secondary N) is 1. The number of para-hydroxylation sites is 1. The predicted molar refractivity (Wildman–Crippen MR) is 70.2 cm³/mol. The molecule has 0 saturated heterocycles. The number of aliphatic hydroxyl groups excluding tert-OH is 1. The molecule has 1 rings (SSSR count). The molecular weight excluding hydrogens is 233 g/mol. The molecule has 0 aliphatic rings. The maximum atomic E-state index is 13.7. The van der Waals surface area contributed by atoms with Crippen molar-refractivity contribution < 1.29 is 14.2 Å². The maximum absolute atomic E-state index is 13.7. The molecule has 0 aromatic heterocycles. The third-order valence-electron chi connectivity index (χ3n) is 2.68. The zero-order valence-corrected chi connectivity index (χ0v) is 11.1. The second kappa shape index (κ2) is 8.06. The highest BCUT2D eigenvalue weighted by Gasteiger charge is 2.11. The van der Waals surface area contributed by atoms with E-state index in [0.717, 1.165) is 18.5 Å². The molecule has 1 atom stereocenters. The summed E-state index contributed by atoms with van der Waals surface area (Å²) in [5.74, 6) is -0.136. The van der Waals surface area contributed by atoms with Crippen LogP contribution in [0.4, 0.5) is 4.39 Å². The average Bonchev–Trinajstić information content (AvgIpc) is 2.38. The molecule has 18 heavy (non-hydrogen) atoms. The van der Waals surface area contributed by atoms with Crippen LogP contribution in [0.3, 0.4) is 0 Å². The lowest BCUT2D eigenvalue weighted by molar-refractivity contribution is 0.101. The fourth-order valence-corrected chi connectivity index (χ4v) is 1.55. The lowest BCUT2D eigenvalue weighted by atomic mass is 10.2. The number of ether oxygens (including phenoxy) is 1. The van der Waals surface area contributed by atoms with Gasteiger partial charge in [0.15, 0.2) is 11.6 Å². The fraction of sp³-hybridized carbons (Fsp3) is 0.571. The Hall–Kier alpha value is -1.13. The molecule has 0 radical (unpaired) electrons. The zero-order chi connectivity index (χ0) is 13.4. The van der Waals surface area contributed by atoms with Gasteiger partial charge in [0.2, 0.25) is 0 Å². The largest absolute Gasteiger partial charge is 0.487 e. The first-order chi connectivity index (χ1) is 8.69. The van der Waals surface area contributed by atoms with E-state index in [-0.39, 0.29) is 18.2 Å². The van der Waals surface area contributed by atoms with E-state index in [1.54, 1.807) is 6.07 Å². The van der Waals surface area contributed by atoms with E-state index in [2.05, 4.69) is 12.2 Å². The van der Waals surface area contributed by atoms with Crippen molar-refractivity contribution in [3.63, 3.8) is 0 Å². The summed E-state index contributed by atoms with van der Waals surface area (Å²) in [6.07, 6.45) is 1.07. The Morgan fingerprint density at radius 2 is 2.17 bits per heavy atom. The van der Waals surface area contributed by atoms with Gasteiger partial charge in [-0.15, -0.1) is 0 Å². The Balaban J connectivity index is 2.67. The average molecular weight is 255 g/mol. The summed E-state index contributed by atoms with van der Waals surface area (Å²) in [6.45, 7) is 5.52. The summed E-state index contributed by atoms with van der Waals surface area (Å²) in [4.78, 5) is 0. The van der Waals surface area contributed by atoms with Crippen LogP contribution in [0.15, 0.2) is 18.2 Å². The smallest absolute Gasteiger partial charge is 0.165 e. The van der Waals surface area contributed by atoms with Crippen molar-refractivity contribution in [3.05, 3.63) is 29.6 Å². The van der Waals surface area contributed by atoms with Gasteiger partial charge in [-0.3, -0.25) is 0 Å². The molecule has 0 saturated carbocycles. The van der Waals surface area contributed by atoms with Crippen LogP contribution in [0.25, 0.3) is 0 Å². The van der Waals surface area contributed by atoms with Crippen LogP contribution in [-0.2, 0) is 6.54 Å². The Morgan fingerprint density at radius 3 is 2.83 bits per heavy atom. The van der Waals surface area contributed by atoms with E-state index in [0.29, 0.717) is 13.0 Å². The first kappa shape index (κ1) is 14.9. The van der Waals surface area contributed by atoms with Crippen molar-refractivity contribution in [1.29, 1.82) is 0 Å². The molecule has 1 aromatic rings. The topological polar surface area (TPSA) is 41.5 Å². The second-order valence-corrected chi connectivity index (χ2v) is 4.28. The molecule has 0 spiro atoms. The van der Waals surface area contributed by atoms with E-state index in [1.165, 1.54) is 6.07 Å². The van der Waals surface area contributed by atoms with Crippen molar-refractivity contribution in [2.45, 2.75) is 39.3 Å². The fourth-order valence-electron chi connectivity index (χ4n) is 1.55. The molecule has 0 fully saturated rings. The molecule has 2 N–H and O–H groups in total. The first-order valence-corrected chi connectivity index (χ1v) is 6.48. The van der Waals surface area contributed by atoms with Crippen LogP contribution in [0.1, 0.15) is 32.3 Å². The van der Waals surface area contributed by atoms with Crippen LogP contribution in [0, 0.1) is 5.82 Å². The van der Waals surface area contributed by atoms with Crippen molar-refractivity contribution in [3.8, 4) is 5.75 Å². The third kappa shape index (κ3) is 4.63. The van der Waals surface area contributed by atoms with Gasteiger partial charge in [0.05, 0.1) is 6.10 Å². The molecule has 0 amide bonds. The van der Waals surface area contributed by atoms with Crippen LogP contribution >= 0.6 is 0 Å². The molecule has 1 unspecified atom stereocenters. The van der Waals surface area contributed by atoms with Crippen LogP contribution in [0.5, 0.6) is 5.75 Å². The van der Waals surface area contributed by atoms with Crippen LogP contribution in [0.2, 0.25) is 0 Å². The summed E-state index contributed by atoms with van der Waals surface area (Å²) >= 11 is 0. The summed E-state index contributed by atoms with van der Waals surface area (Å²) < 4.78 is 19.1. The van der Waals surface area contributed by atoms with E-state index in [1.807, 2.05) is 13.0 Å².